The Balaban J connectivity index is 1.64. The molecule has 0 spiro atoms. The molecule has 3 rings (SSSR count). The number of carbonyl (C=O) groups excluding carboxylic acids is 2. The molecule has 9 nitrogen and oxygen atoms in total. The first kappa shape index (κ1) is 20.2. The molecule has 1 fully saturated rings. The number of nitrogens with one attached hydrogen (secondary N) is 1. The van der Waals surface area contributed by atoms with Crippen molar-refractivity contribution in [1.82, 2.24) is 14.2 Å². The van der Waals surface area contributed by atoms with Crippen LogP contribution in [0, 0.1) is 0 Å². The highest BCUT2D eigenvalue weighted by molar-refractivity contribution is 7.89. The Bertz CT molecular complexity index is 921. The first-order chi connectivity index (χ1) is 13.4. The van der Waals surface area contributed by atoms with Crippen LogP contribution in [0.3, 0.4) is 0 Å². The Hall–Kier alpha value is -2.50. The van der Waals surface area contributed by atoms with Crippen LogP contribution in [0.15, 0.2) is 40.7 Å². The minimum absolute atomic E-state index is 0.0999. The molecule has 0 atom stereocenters. The van der Waals surface area contributed by atoms with Gasteiger partial charge in [-0.15, -0.1) is 11.3 Å². The number of sulfonamides is 1. The molecule has 1 saturated heterocycles. The number of hydrogen-bond acceptors (Lipinski definition) is 7. The Morgan fingerprint density at radius 1 is 1.18 bits per heavy atom. The maximum absolute atomic E-state index is 12.8. The summed E-state index contributed by atoms with van der Waals surface area (Å²) in [5.41, 5.74) is 0.335. The number of anilines is 1. The molecular formula is C17H20N4O5S2. The van der Waals surface area contributed by atoms with Gasteiger partial charge in [0.25, 0.3) is 5.91 Å². The van der Waals surface area contributed by atoms with Crippen molar-refractivity contribution in [2.24, 2.45) is 0 Å². The smallest absolute Gasteiger partial charge is 0.409 e. The minimum Gasteiger partial charge on any atom is -0.450 e. The van der Waals surface area contributed by atoms with Gasteiger partial charge >= 0.3 is 6.09 Å². The zero-order valence-electron chi connectivity index (χ0n) is 15.2. The van der Waals surface area contributed by atoms with E-state index < -0.39 is 16.1 Å². The van der Waals surface area contributed by atoms with Crippen LogP contribution in [-0.4, -0.2) is 67.4 Å². The van der Waals surface area contributed by atoms with E-state index in [4.69, 9.17) is 4.74 Å². The van der Waals surface area contributed by atoms with E-state index in [1.807, 2.05) is 0 Å². The van der Waals surface area contributed by atoms with Crippen LogP contribution in [0.2, 0.25) is 0 Å². The third-order valence-electron chi connectivity index (χ3n) is 4.17. The van der Waals surface area contributed by atoms with Gasteiger partial charge in [-0.2, -0.15) is 4.31 Å². The summed E-state index contributed by atoms with van der Waals surface area (Å²) in [4.78, 5) is 29.5. The highest BCUT2D eigenvalue weighted by Crippen LogP contribution is 2.19. The lowest BCUT2D eigenvalue weighted by atomic mass is 10.2. The summed E-state index contributed by atoms with van der Waals surface area (Å²) in [5.74, 6) is -0.359. The van der Waals surface area contributed by atoms with E-state index in [0.29, 0.717) is 10.7 Å². The van der Waals surface area contributed by atoms with Gasteiger partial charge in [0.1, 0.15) is 0 Å². The molecule has 1 N–H and O–H groups in total. The number of carbonyl (C=O) groups is 2. The zero-order valence-corrected chi connectivity index (χ0v) is 16.8. The summed E-state index contributed by atoms with van der Waals surface area (Å²) in [6.45, 7) is 2.92. The van der Waals surface area contributed by atoms with E-state index in [1.54, 1.807) is 18.5 Å². The average Bonchev–Trinajstić information content (AvgIpc) is 3.21. The van der Waals surface area contributed by atoms with E-state index in [0.717, 1.165) is 0 Å². The Morgan fingerprint density at radius 3 is 2.43 bits per heavy atom. The molecule has 0 bridgehead atoms. The summed E-state index contributed by atoms with van der Waals surface area (Å²) in [6, 6.07) is 5.74. The highest BCUT2D eigenvalue weighted by atomic mass is 32.2. The van der Waals surface area contributed by atoms with Gasteiger partial charge in [0, 0.05) is 43.3 Å². The molecule has 0 aliphatic carbocycles. The first-order valence-electron chi connectivity index (χ1n) is 8.64. The van der Waals surface area contributed by atoms with Crippen LogP contribution in [0.25, 0.3) is 0 Å². The largest absolute Gasteiger partial charge is 0.450 e. The van der Waals surface area contributed by atoms with Crippen molar-refractivity contribution in [3.05, 3.63) is 41.4 Å². The van der Waals surface area contributed by atoms with Crippen molar-refractivity contribution in [2.45, 2.75) is 11.8 Å². The Kier molecular flexibility index (Phi) is 6.27. The number of piperazine rings is 1. The first-order valence-corrected chi connectivity index (χ1v) is 11.0. The van der Waals surface area contributed by atoms with Crippen LogP contribution in [0.5, 0.6) is 0 Å². The molecule has 1 aromatic heterocycles. The number of benzene rings is 1. The molecule has 1 aliphatic rings. The molecule has 150 valence electrons. The molecule has 2 heterocycles. The third kappa shape index (κ3) is 4.49. The van der Waals surface area contributed by atoms with Crippen LogP contribution in [0.1, 0.15) is 17.3 Å². The van der Waals surface area contributed by atoms with Crippen molar-refractivity contribution >= 4 is 38.5 Å². The molecule has 1 aliphatic heterocycles. The number of thiazole rings is 1. The second-order valence-electron chi connectivity index (χ2n) is 5.91. The van der Waals surface area contributed by atoms with E-state index in [9.17, 15) is 18.0 Å². The zero-order chi connectivity index (χ0) is 20.1. The lowest BCUT2D eigenvalue weighted by molar-refractivity contribution is 0.0933. The summed E-state index contributed by atoms with van der Waals surface area (Å²) in [7, 11) is -3.70. The van der Waals surface area contributed by atoms with Crippen LogP contribution in [-0.2, 0) is 14.8 Å². The second kappa shape index (κ2) is 8.67. The fraction of sp³-hybridized carbons (Fsp3) is 0.353. The number of rotatable bonds is 5. The number of ether oxygens (including phenoxy) is 1. The maximum Gasteiger partial charge on any atom is 0.409 e. The molecule has 2 aromatic rings. The van der Waals surface area contributed by atoms with E-state index in [1.165, 1.54) is 44.8 Å². The van der Waals surface area contributed by atoms with Gasteiger partial charge in [0.05, 0.1) is 11.5 Å². The monoisotopic (exact) mass is 424 g/mol. The van der Waals surface area contributed by atoms with Crippen molar-refractivity contribution in [3.63, 3.8) is 0 Å². The number of amides is 2. The third-order valence-corrected chi connectivity index (χ3v) is 6.77. The highest BCUT2D eigenvalue weighted by Gasteiger charge is 2.30. The predicted molar refractivity (Wildman–Crippen MR) is 104 cm³/mol. The molecular weight excluding hydrogens is 404 g/mol. The molecule has 0 radical (unpaired) electrons. The molecule has 2 amide bonds. The average molecular weight is 425 g/mol. The number of aromatic nitrogens is 1. The summed E-state index contributed by atoms with van der Waals surface area (Å²) < 4.78 is 31.9. The van der Waals surface area contributed by atoms with Crippen LogP contribution >= 0.6 is 11.3 Å². The van der Waals surface area contributed by atoms with E-state index in [-0.39, 0.29) is 43.6 Å². The van der Waals surface area contributed by atoms with Crippen molar-refractivity contribution in [2.75, 3.05) is 38.1 Å². The standard InChI is InChI=1S/C17H20N4O5S2/c1-2-26-17(23)20-8-10-21(11-9-20)28(24,25)14-5-3-13(4-6-14)15(22)19-16-18-7-12-27-16/h3-7,12H,2,8-11H2,1H3,(H,18,19,22). The molecule has 28 heavy (non-hydrogen) atoms. The summed E-state index contributed by atoms with van der Waals surface area (Å²) in [6.07, 6.45) is 1.15. The summed E-state index contributed by atoms with van der Waals surface area (Å²) >= 11 is 1.29. The molecule has 0 saturated carbocycles. The van der Waals surface area contributed by atoms with E-state index in [2.05, 4.69) is 10.3 Å². The molecule has 0 unspecified atom stereocenters. The number of nitrogens with zero attached hydrogens (tertiary/aromatic N) is 3. The van der Waals surface area contributed by atoms with E-state index >= 15 is 0 Å². The maximum atomic E-state index is 12.8. The Morgan fingerprint density at radius 2 is 1.86 bits per heavy atom. The van der Waals surface area contributed by atoms with Gasteiger partial charge in [-0.25, -0.2) is 18.2 Å². The van der Waals surface area contributed by atoms with Gasteiger partial charge in [-0.3, -0.25) is 10.1 Å². The molecule has 11 heteroatoms. The van der Waals surface area contributed by atoms with Gasteiger partial charge in [-0.05, 0) is 31.2 Å². The lowest BCUT2D eigenvalue weighted by Gasteiger charge is -2.33. The second-order valence-corrected chi connectivity index (χ2v) is 8.74. The SMILES string of the molecule is CCOC(=O)N1CCN(S(=O)(=O)c2ccc(C(=O)Nc3nccs3)cc2)CC1. The number of hydrogen-bond donors (Lipinski definition) is 1. The fourth-order valence-corrected chi connectivity index (χ4v) is 4.65. The predicted octanol–water partition coefficient (Wildman–Crippen LogP) is 1.86. The lowest BCUT2D eigenvalue weighted by Crippen LogP contribution is -2.50. The molecule has 1 aromatic carbocycles. The van der Waals surface area contributed by atoms with Gasteiger partial charge in [0.15, 0.2) is 5.13 Å². The topological polar surface area (TPSA) is 109 Å². The van der Waals surface area contributed by atoms with Gasteiger partial charge in [0.2, 0.25) is 10.0 Å². The normalized spacial score (nSPS) is 15.2. The van der Waals surface area contributed by atoms with Gasteiger partial charge in [-0.1, -0.05) is 0 Å². The van der Waals surface area contributed by atoms with Gasteiger partial charge < -0.3 is 9.64 Å². The summed E-state index contributed by atoms with van der Waals surface area (Å²) in [5, 5.41) is 4.86. The minimum atomic E-state index is -3.70. The van der Waals surface area contributed by atoms with Crippen molar-refractivity contribution in [3.8, 4) is 0 Å². The van der Waals surface area contributed by atoms with Crippen molar-refractivity contribution in [1.29, 1.82) is 0 Å². The Labute approximate surface area is 167 Å². The van der Waals surface area contributed by atoms with Crippen molar-refractivity contribution < 1.29 is 22.7 Å². The van der Waals surface area contributed by atoms with Crippen LogP contribution < -0.4 is 5.32 Å². The van der Waals surface area contributed by atoms with Crippen LogP contribution in [0.4, 0.5) is 9.93 Å². The quantitative estimate of drug-likeness (QED) is 0.785. The fourth-order valence-electron chi connectivity index (χ4n) is 2.71.